The highest BCUT2D eigenvalue weighted by Gasteiger charge is 2.33. The van der Waals surface area contributed by atoms with Crippen molar-refractivity contribution in [2.75, 3.05) is 19.6 Å². The van der Waals surface area contributed by atoms with E-state index < -0.39 is 5.82 Å². The van der Waals surface area contributed by atoms with E-state index in [0.717, 1.165) is 36.9 Å². The minimum absolute atomic E-state index is 0.0988. The maximum absolute atomic E-state index is 13.3. The van der Waals surface area contributed by atoms with Gasteiger partial charge in [-0.2, -0.15) is 0 Å². The summed E-state index contributed by atoms with van der Waals surface area (Å²) in [5, 5.41) is 0. The molecule has 0 aromatic heterocycles. The van der Waals surface area contributed by atoms with Gasteiger partial charge in [-0.15, -0.1) is 0 Å². The first-order valence-corrected chi connectivity index (χ1v) is 9.07. The van der Waals surface area contributed by atoms with Gasteiger partial charge in [0.25, 0.3) is 11.8 Å². The predicted molar refractivity (Wildman–Crippen MR) is 96.5 cm³/mol. The molecule has 2 aliphatic heterocycles. The number of hydrogen-bond donors (Lipinski definition) is 0. The molecule has 0 saturated carbocycles. The number of hydrogen-bond acceptors (Lipinski definition) is 2. The Hall–Kier alpha value is -2.69. The van der Waals surface area contributed by atoms with Crippen molar-refractivity contribution in [3.8, 4) is 0 Å². The normalized spacial score (nSPS) is 18.0. The van der Waals surface area contributed by atoms with Crippen LogP contribution in [0.1, 0.15) is 39.1 Å². The van der Waals surface area contributed by atoms with Crippen molar-refractivity contribution in [2.24, 2.45) is 0 Å². The highest BCUT2D eigenvalue weighted by Crippen LogP contribution is 2.25. The number of piperidine rings is 1. The molecular formula is C21H21FN2O2. The first kappa shape index (κ1) is 16.8. The first-order chi connectivity index (χ1) is 12.6. The molecule has 0 N–H and O–H groups in total. The molecule has 0 spiro atoms. The molecule has 5 heteroatoms. The molecule has 1 fully saturated rings. The second-order valence-electron chi connectivity index (χ2n) is 6.94. The maximum Gasteiger partial charge on any atom is 0.254 e. The van der Waals surface area contributed by atoms with E-state index in [-0.39, 0.29) is 17.9 Å². The molecule has 2 heterocycles. The van der Waals surface area contributed by atoms with E-state index in [4.69, 9.17) is 0 Å². The van der Waals surface area contributed by atoms with Crippen molar-refractivity contribution in [1.82, 2.24) is 9.80 Å². The number of carbonyl (C=O) groups is 2. The third kappa shape index (κ3) is 3.09. The smallest absolute Gasteiger partial charge is 0.254 e. The van der Waals surface area contributed by atoms with Crippen LogP contribution < -0.4 is 0 Å². The minimum Gasteiger partial charge on any atom is -0.338 e. The lowest BCUT2D eigenvalue weighted by atomic mass is 9.94. The molecule has 4 nitrogen and oxygen atoms in total. The lowest BCUT2D eigenvalue weighted by molar-refractivity contribution is 0.0505. The van der Waals surface area contributed by atoms with Crippen LogP contribution in [0.15, 0.2) is 48.5 Å². The minimum atomic E-state index is -0.400. The Morgan fingerprint density at radius 2 is 1.77 bits per heavy atom. The molecule has 0 unspecified atom stereocenters. The average molecular weight is 352 g/mol. The molecule has 4 rings (SSSR count). The van der Waals surface area contributed by atoms with Crippen LogP contribution in [-0.4, -0.2) is 47.3 Å². The number of rotatable bonds is 2. The predicted octanol–water partition coefficient (Wildman–Crippen LogP) is 3.13. The largest absolute Gasteiger partial charge is 0.338 e. The van der Waals surface area contributed by atoms with Crippen molar-refractivity contribution < 1.29 is 14.0 Å². The Kier molecular flexibility index (Phi) is 4.45. The Morgan fingerprint density at radius 3 is 2.54 bits per heavy atom. The Bertz CT molecular complexity index is 843. The van der Waals surface area contributed by atoms with Gasteiger partial charge in [0, 0.05) is 36.8 Å². The lowest BCUT2D eigenvalue weighted by Crippen LogP contribution is -2.50. The van der Waals surface area contributed by atoms with Gasteiger partial charge in [-0.05, 0) is 49.1 Å². The zero-order valence-corrected chi connectivity index (χ0v) is 14.5. The van der Waals surface area contributed by atoms with Crippen LogP contribution in [-0.2, 0) is 6.42 Å². The van der Waals surface area contributed by atoms with Gasteiger partial charge in [-0.3, -0.25) is 9.59 Å². The summed E-state index contributed by atoms with van der Waals surface area (Å²) in [6.45, 7) is 1.91. The fourth-order valence-corrected chi connectivity index (χ4v) is 3.98. The molecule has 1 saturated heterocycles. The first-order valence-electron chi connectivity index (χ1n) is 9.07. The second kappa shape index (κ2) is 6.90. The fraction of sp³-hybridized carbons (Fsp3) is 0.333. The van der Waals surface area contributed by atoms with Gasteiger partial charge in [-0.1, -0.05) is 24.3 Å². The van der Waals surface area contributed by atoms with E-state index >= 15 is 0 Å². The maximum atomic E-state index is 13.3. The monoisotopic (exact) mass is 352 g/mol. The Labute approximate surface area is 152 Å². The summed E-state index contributed by atoms with van der Waals surface area (Å²) in [5.41, 5.74) is 2.30. The SMILES string of the molecule is O=C(c1cccc(F)c1)N1CCC(N2CCc3ccccc3C2=O)CC1. The van der Waals surface area contributed by atoms with Gasteiger partial charge in [-0.25, -0.2) is 4.39 Å². The second-order valence-corrected chi connectivity index (χ2v) is 6.94. The molecule has 0 aliphatic carbocycles. The topological polar surface area (TPSA) is 40.6 Å². The van der Waals surface area contributed by atoms with Crippen molar-refractivity contribution in [3.63, 3.8) is 0 Å². The van der Waals surface area contributed by atoms with Gasteiger partial charge in [0.1, 0.15) is 5.82 Å². The molecule has 134 valence electrons. The molecular weight excluding hydrogens is 331 g/mol. The van der Waals surface area contributed by atoms with E-state index in [1.807, 2.05) is 29.2 Å². The Balaban J connectivity index is 1.41. The summed E-state index contributed by atoms with van der Waals surface area (Å²) >= 11 is 0. The zero-order chi connectivity index (χ0) is 18.1. The molecule has 0 bridgehead atoms. The van der Waals surface area contributed by atoms with E-state index in [2.05, 4.69) is 0 Å². The number of carbonyl (C=O) groups excluding carboxylic acids is 2. The number of benzene rings is 2. The van der Waals surface area contributed by atoms with Crippen LogP contribution in [0.4, 0.5) is 4.39 Å². The van der Waals surface area contributed by atoms with E-state index in [9.17, 15) is 14.0 Å². The van der Waals surface area contributed by atoms with E-state index in [1.165, 1.54) is 12.1 Å². The van der Waals surface area contributed by atoms with Crippen LogP contribution in [0.25, 0.3) is 0 Å². The lowest BCUT2D eigenvalue weighted by Gasteiger charge is -2.40. The van der Waals surface area contributed by atoms with Crippen molar-refractivity contribution in [2.45, 2.75) is 25.3 Å². The quantitative estimate of drug-likeness (QED) is 0.833. The van der Waals surface area contributed by atoms with Crippen LogP contribution >= 0.6 is 0 Å². The van der Waals surface area contributed by atoms with E-state index in [0.29, 0.717) is 18.7 Å². The standard InChI is InChI=1S/C21H21FN2O2/c22-17-6-3-5-16(14-17)20(25)23-11-9-18(10-12-23)24-13-8-15-4-1-2-7-19(15)21(24)26/h1-7,14,18H,8-13H2. The van der Waals surface area contributed by atoms with Gasteiger partial charge in [0.05, 0.1) is 0 Å². The number of nitrogens with zero attached hydrogens (tertiary/aromatic N) is 2. The van der Waals surface area contributed by atoms with Gasteiger partial charge in [0.2, 0.25) is 0 Å². The van der Waals surface area contributed by atoms with Gasteiger partial charge in [0.15, 0.2) is 0 Å². The van der Waals surface area contributed by atoms with Crippen LogP contribution in [0.3, 0.4) is 0 Å². The molecule has 2 aromatic rings. The van der Waals surface area contributed by atoms with Crippen LogP contribution in [0.5, 0.6) is 0 Å². The summed E-state index contributed by atoms with van der Waals surface area (Å²) in [5.74, 6) is -0.441. The third-order valence-corrected chi connectivity index (χ3v) is 5.39. The summed E-state index contributed by atoms with van der Waals surface area (Å²) in [4.78, 5) is 29.1. The molecule has 26 heavy (non-hydrogen) atoms. The fourth-order valence-electron chi connectivity index (χ4n) is 3.98. The summed E-state index contributed by atoms with van der Waals surface area (Å²) in [7, 11) is 0. The van der Waals surface area contributed by atoms with E-state index in [1.54, 1.807) is 17.0 Å². The third-order valence-electron chi connectivity index (χ3n) is 5.39. The number of likely N-dealkylation sites (tertiary alicyclic amines) is 1. The van der Waals surface area contributed by atoms with Gasteiger partial charge < -0.3 is 9.80 Å². The highest BCUT2D eigenvalue weighted by atomic mass is 19.1. The number of fused-ring (bicyclic) bond motifs is 1. The summed E-state index contributed by atoms with van der Waals surface area (Å²) in [6, 6.07) is 13.8. The summed E-state index contributed by atoms with van der Waals surface area (Å²) in [6.07, 6.45) is 2.40. The molecule has 0 radical (unpaired) electrons. The molecule has 0 atom stereocenters. The van der Waals surface area contributed by atoms with Crippen molar-refractivity contribution in [1.29, 1.82) is 0 Å². The molecule has 2 aliphatic rings. The van der Waals surface area contributed by atoms with Crippen molar-refractivity contribution >= 4 is 11.8 Å². The molecule has 2 aromatic carbocycles. The Morgan fingerprint density at radius 1 is 1.00 bits per heavy atom. The van der Waals surface area contributed by atoms with Gasteiger partial charge >= 0.3 is 0 Å². The zero-order valence-electron chi connectivity index (χ0n) is 14.5. The summed E-state index contributed by atoms with van der Waals surface area (Å²) < 4.78 is 13.3. The molecule has 2 amide bonds. The number of amides is 2. The number of halogens is 1. The van der Waals surface area contributed by atoms with Crippen LogP contribution in [0, 0.1) is 5.82 Å². The highest BCUT2D eigenvalue weighted by molar-refractivity contribution is 5.97. The average Bonchev–Trinajstić information content (AvgIpc) is 2.68. The van der Waals surface area contributed by atoms with Crippen molar-refractivity contribution in [3.05, 3.63) is 71.0 Å². The van der Waals surface area contributed by atoms with Crippen LogP contribution in [0.2, 0.25) is 0 Å².